The van der Waals surface area contributed by atoms with Crippen molar-refractivity contribution >= 4 is 35.3 Å². The maximum Gasteiger partial charge on any atom is 0.280 e. The van der Waals surface area contributed by atoms with Crippen LogP contribution in [0.1, 0.15) is 26.5 Å². The van der Waals surface area contributed by atoms with Gasteiger partial charge in [0, 0.05) is 44.0 Å². The number of carbonyl (C=O) groups excluding carboxylic acids is 2. The number of nitrogens with one attached hydrogen (secondary N) is 2. The summed E-state index contributed by atoms with van der Waals surface area (Å²) in [5, 5.41) is 9.87. The molecule has 0 aliphatic carbocycles. The highest BCUT2D eigenvalue weighted by Crippen LogP contribution is 2.37. The van der Waals surface area contributed by atoms with Crippen LogP contribution in [-0.2, 0) is 7.05 Å². The van der Waals surface area contributed by atoms with Crippen molar-refractivity contribution in [2.24, 2.45) is 13.0 Å². The Balaban J connectivity index is 1.32. The second-order valence-electron chi connectivity index (χ2n) is 8.31. The fourth-order valence-electron chi connectivity index (χ4n) is 4.13. The summed E-state index contributed by atoms with van der Waals surface area (Å²) in [6, 6.07) is 4.36. The van der Waals surface area contributed by atoms with Gasteiger partial charge in [-0.1, -0.05) is 0 Å². The zero-order valence-electron chi connectivity index (χ0n) is 18.4. The summed E-state index contributed by atoms with van der Waals surface area (Å²) in [5.41, 5.74) is 6.92. The van der Waals surface area contributed by atoms with E-state index in [-0.39, 0.29) is 41.1 Å². The van der Waals surface area contributed by atoms with Crippen LogP contribution >= 0.6 is 11.9 Å². The van der Waals surface area contributed by atoms with E-state index in [1.165, 1.54) is 24.1 Å². The summed E-state index contributed by atoms with van der Waals surface area (Å²) in [7, 11) is 1.76. The third-order valence-electron chi connectivity index (χ3n) is 5.94. The SMILES string of the molecule is Cc1cc(NC(=O)c2c3c(cn2C)SNC2CN(C(=O)c4nonc4N)CC2CO3)ccc1F. The minimum atomic E-state index is -0.371. The van der Waals surface area contributed by atoms with E-state index in [9.17, 15) is 14.0 Å². The number of amides is 2. The van der Waals surface area contributed by atoms with Crippen molar-refractivity contribution in [1.29, 1.82) is 0 Å². The van der Waals surface area contributed by atoms with Crippen LogP contribution < -0.4 is 20.5 Å². The van der Waals surface area contributed by atoms with Crippen LogP contribution in [0.3, 0.4) is 0 Å². The molecule has 4 heterocycles. The van der Waals surface area contributed by atoms with Crippen molar-refractivity contribution in [3.63, 3.8) is 0 Å². The van der Waals surface area contributed by atoms with Crippen LogP contribution in [0.25, 0.3) is 0 Å². The topological polar surface area (TPSA) is 141 Å². The van der Waals surface area contributed by atoms with Crippen molar-refractivity contribution in [2.75, 3.05) is 30.7 Å². The summed E-state index contributed by atoms with van der Waals surface area (Å²) < 4.78 is 29.3. The van der Waals surface area contributed by atoms with Crippen molar-refractivity contribution in [3.8, 4) is 5.75 Å². The molecule has 1 saturated heterocycles. The Hall–Kier alpha value is -3.58. The molecule has 0 spiro atoms. The molecule has 1 fully saturated rings. The molecule has 0 radical (unpaired) electrons. The number of hydrogen-bond acceptors (Lipinski definition) is 9. The standard InChI is InChI=1S/C21H22FN7O4S/c1-10-5-12(3-4-13(10)22)24-20(30)17-18-15(8-28(17)2)34-27-14-7-29(6-11(14)9-32-18)21(31)16-19(23)26-33-25-16/h3-5,8,11,14,27H,6-7,9H2,1-2H3,(H2,23,26)(H,24,30). The van der Waals surface area contributed by atoms with Crippen molar-refractivity contribution in [1.82, 2.24) is 24.5 Å². The van der Waals surface area contributed by atoms with E-state index >= 15 is 0 Å². The number of aryl methyl sites for hydroxylation is 2. The maximum atomic E-state index is 13.6. The van der Waals surface area contributed by atoms with Crippen LogP contribution in [0.4, 0.5) is 15.9 Å². The van der Waals surface area contributed by atoms with E-state index in [4.69, 9.17) is 10.5 Å². The Kier molecular flexibility index (Phi) is 5.65. The van der Waals surface area contributed by atoms with Gasteiger partial charge in [-0.05, 0) is 52.9 Å². The van der Waals surface area contributed by atoms with E-state index in [0.717, 1.165) is 4.90 Å². The van der Waals surface area contributed by atoms with Crippen LogP contribution in [0.15, 0.2) is 33.9 Å². The monoisotopic (exact) mass is 487 g/mol. The van der Waals surface area contributed by atoms with Crippen LogP contribution in [-0.4, -0.2) is 57.3 Å². The fourth-order valence-corrected chi connectivity index (χ4v) is 5.13. The Morgan fingerprint density at radius 1 is 1.32 bits per heavy atom. The Labute approximate surface area is 197 Å². The van der Waals surface area contributed by atoms with E-state index in [2.05, 4.69) is 25.0 Å². The number of nitrogen functional groups attached to an aromatic ring is 1. The van der Waals surface area contributed by atoms with Gasteiger partial charge in [-0.25, -0.2) is 9.02 Å². The molecule has 13 heteroatoms. The number of halogens is 1. The first-order valence-electron chi connectivity index (χ1n) is 10.5. The van der Waals surface area contributed by atoms with Crippen molar-refractivity contribution in [2.45, 2.75) is 17.9 Å². The van der Waals surface area contributed by atoms with E-state index in [0.29, 0.717) is 42.4 Å². The fraction of sp³-hybridized carbons (Fsp3) is 0.333. The summed E-state index contributed by atoms with van der Waals surface area (Å²) in [5.74, 6) is -0.692. The zero-order chi connectivity index (χ0) is 24.0. The highest BCUT2D eigenvalue weighted by atomic mass is 32.2. The number of hydrogen-bond donors (Lipinski definition) is 3. The first-order chi connectivity index (χ1) is 16.3. The number of rotatable bonds is 3. The van der Waals surface area contributed by atoms with Gasteiger partial charge >= 0.3 is 0 Å². The van der Waals surface area contributed by atoms with E-state index in [1.54, 1.807) is 35.7 Å². The van der Waals surface area contributed by atoms with Gasteiger partial charge in [-0.15, -0.1) is 0 Å². The number of ether oxygens (including phenoxy) is 1. The number of benzene rings is 1. The van der Waals surface area contributed by atoms with Crippen molar-refractivity contribution < 1.29 is 23.3 Å². The highest BCUT2D eigenvalue weighted by molar-refractivity contribution is 7.97. The van der Waals surface area contributed by atoms with Crippen molar-refractivity contribution in [3.05, 3.63) is 47.2 Å². The predicted molar refractivity (Wildman–Crippen MR) is 121 cm³/mol. The Bertz CT molecular complexity index is 1280. The number of carbonyl (C=O) groups is 2. The average molecular weight is 488 g/mol. The largest absolute Gasteiger partial charge is 0.489 e. The van der Waals surface area contributed by atoms with Gasteiger partial charge in [0.1, 0.15) is 5.82 Å². The normalized spacial score (nSPS) is 19.6. The molecule has 2 unspecified atom stereocenters. The van der Waals surface area contributed by atoms with Gasteiger partial charge in [-0.3, -0.25) is 14.3 Å². The molecule has 0 bridgehead atoms. The maximum absolute atomic E-state index is 13.6. The van der Waals surface area contributed by atoms with Gasteiger partial charge in [-0.2, -0.15) is 0 Å². The lowest BCUT2D eigenvalue weighted by Gasteiger charge is -2.23. The lowest BCUT2D eigenvalue weighted by atomic mass is 10.1. The van der Waals surface area contributed by atoms with E-state index < -0.39 is 0 Å². The first kappa shape index (κ1) is 22.2. The third-order valence-corrected chi connectivity index (χ3v) is 6.87. The molecule has 1 aromatic carbocycles. The molecular weight excluding hydrogens is 465 g/mol. The Morgan fingerprint density at radius 2 is 2.15 bits per heavy atom. The number of aromatic nitrogens is 3. The molecule has 2 aliphatic heterocycles. The second kappa shape index (κ2) is 8.65. The number of likely N-dealkylation sites (tertiary alicyclic amines) is 1. The van der Waals surface area contributed by atoms with E-state index in [1.807, 2.05) is 0 Å². The van der Waals surface area contributed by atoms with Crippen LogP contribution in [0, 0.1) is 18.7 Å². The number of anilines is 2. The summed E-state index contributed by atoms with van der Waals surface area (Å²) in [6.07, 6.45) is 1.80. The molecule has 3 aromatic rings. The average Bonchev–Trinajstić information content (AvgIpc) is 3.48. The molecule has 34 heavy (non-hydrogen) atoms. The molecule has 5 rings (SSSR count). The lowest BCUT2D eigenvalue weighted by molar-refractivity contribution is 0.0772. The summed E-state index contributed by atoms with van der Waals surface area (Å²) >= 11 is 1.34. The molecule has 2 atom stereocenters. The van der Waals surface area contributed by atoms with Gasteiger partial charge in [0.05, 0.1) is 11.5 Å². The van der Waals surface area contributed by atoms with Gasteiger partial charge in [0.2, 0.25) is 11.5 Å². The molecule has 178 valence electrons. The zero-order valence-corrected chi connectivity index (χ0v) is 19.2. The second-order valence-corrected chi connectivity index (χ2v) is 9.19. The minimum absolute atomic E-state index is 0.0123. The van der Waals surface area contributed by atoms with Gasteiger partial charge in [0.25, 0.3) is 11.8 Å². The first-order valence-corrected chi connectivity index (χ1v) is 11.3. The molecular formula is C21H22FN7O4S. The number of nitrogens with zero attached hydrogens (tertiary/aromatic N) is 4. The Morgan fingerprint density at radius 3 is 2.88 bits per heavy atom. The summed E-state index contributed by atoms with van der Waals surface area (Å²) in [6.45, 7) is 2.78. The predicted octanol–water partition coefficient (Wildman–Crippen LogP) is 1.82. The third kappa shape index (κ3) is 3.96. The minimum Gasteiger partial charge on any atom is -0.489 e. The molecule has 2 aliphatic rings. The highest BCUT2D eigenvalue weighted by Gasteiger charge is 2.39. The lowest BCUT2D eigenvalue weighted by Crippen LogP contribution is -2.36. The molecule has 4 N–H and O–H groups in total. The molecule has 2 aromatic heterocycles. The van der Waals surface area contributed by atoms with Gasteiger partial charge in [0.15, 0.2) is 11.4 Å². The quantitative estimate of drug-likeness (QED) is 0.472. The van der Waals surface area contributed by atoms with Crippen LogP contribution in [0.2, 0.25) is 0 Å². The van der Waals surface area contributed by atoms with Crippen LogP contribution in [0.5, 0.6) is 5.75 Å². The van der Waals surface area contributed by atoms with Gasteiger partial charge < -0.3 is 25.3 Å². The molecule has 11 nitrogen and oxygen atoms in total. The number of nitrogens with two attached hydrogens (primary N) is 1. The number of fused-ring (bicyclic) bond motifs is 2. The molecule has 0 saturated carbocycles. The smallest absolute Gasteiger partial charge is 0.280 e. The summed E-state index contributed by atoms with van der Waals surface area (Å²) in [4.78, 5) is 28.2. The molecule has 2 amide bonds.